The molecule has 1 fully saturated rings. The highest BCUT2D eigenvalue weighted by molar-refractivity contribution is 7.17. The van der Waals surface area contributed by atoms with Crippen molar-refractivity contribution >= 4 is 28.1 Å². The van der Waals surface area contributed by atoms with Gasteiger partial charge >= 0.3 is 6.18 Å². The summed E-state index contributed by atoms with van der Waals surface area (Å²) in [5.41, 5.74) is -0.246. The molecule has 0 radical (unpaired) electrons. The molecule has 27 heavy (non-hydrogen) atoms. The molecule has 10 heteroatoms. The molecule has 1 aliphatic heterocycles. The van der Waals surface area contributed by atoms with E-state index >= 15 is 0 Å². The van der Waals surface area contributed by atoms with Crippen molar-refractivity contribution in [3.8, 4) is 0 Å². The summed E-state index contributed by atoms with van der Waals surface area (Å²) >= 11 is 1.14. The third-order valence-electron chi connectivity index (χ3n) is 4.01. The maximum absolute atomic E-state index is 12.6. The van der Waals surface area contributed by atoms with Crippen LogP contribution in [-0.4, -0.2) is 55.2 Å². The molecule has 2 heterocycles. The van der Waals surface area contributed by atoms with Crippen molar-refractivity contribution in [2.24, 2.45) is 0 Å². The molecule has 0 unspecified atom stereocenters. The maximum atomic E-state index is 12.6. The molecule has 1 aromatic carbocycles. The molecular weight excluding hydrogens is 381 g/mol. The van der Waals surface area contributed by atoms with Gasteiger partial charge in [0, 0.05) is 31.9 Å². The number of nitrogens with one attached hydrogen (secondary N) is 2. The Morgan fingerprint density at radius 2 is 1.93 bits per heavy atom. The number of halogens is 3. The number of aromatic nitrogens is 1. The fourth-order valence-corrected chi connectivity index (χ4v) is 3.30. The lowest BCUT2D eigenvalue weighted by Gasteiger charge is -2.26. The van der Waals surface area contributed by atoms with Gasteiger partial charge in [0.25, 0.3) is 5.91 Å². The Kier molecular flexibility index (Phi) is 6.30. The second-order valence-corrected chi connectivity index (χ2v) is 6.97. The van der Waals surface area contributed by atoms with Crippen LogP contribution in [-0.2, 0) is 10.9 Å². The lowest BCUT2D eigenvalue weighted by atomic mass is 10.2. The van der Waals surface area contributed by atoms with Gasteiger partial charge in [-0.2, -0.15) is 13.2 Å². The Morgan fingerprint density at radius 3 is 2.59 bits per heavy atom. The van der Waals surface area contributed by atoms with Crippen molar-refractivity contribution in [2.75, 3.05) is 44.7 Å². The first-order chi connectivity index (χ1) is 12.9. The first-order valence-corrected chi connectivity index (χ1v) is 9.22. The van der Waals surface area contributed by atoms with Crippen molar-refractivity contribution in [3.05, 3.63) is 40.9 Å². The zero-order valence-electron chi connectivity index (χ0n) is 14.4. The highest BCUT2D eigenvalue weighted by Gasteiger charge is 2.29. The van der Waals surface area contributed by atoms with E-state index < -0.39 is 11.7 Å². The monoisotopic (exact) mass is 400 g/mol. The van der Waals surface area contributed by atoms with E-state index in [4.69, 9.17) is 4.74 Å². The molecule has 0 aliphatic carbocycles. The number of amides is 1. The summed E-state index contributed by atoms with van der Waals surface area (Å²) in [6.45, 7) is 4.42. The number of anilines is 2. The quantitative estimate of drug-likeness (QED) is 0.781. The third kappa shape index (κ3) is 5.65. The minimum atomic E-state index is -4.37. The summed E-state index contributed by atoms with van der Waals surface area (Å²) in [7, 11) is 0. The molecule has 0 spiro atoms. The van der Waals surface area contributed by atoms with Crippen molar-refractivity contribution in [1.82, 2.24) is 15.2 Å². The van der Waals surface area contributed by atoms with Gasteiger partial charge in [-0.15, -0.1) is 0 Å². The van der Waals surface area contributed by atoms with E-state index in [1.807, 2.05) is 0 Å². The van der Waals surface area contributed by atoms with E-state index in [-0.39, 0.29) is 5.91 Å². The molecule has 0 atom stereocenters. The molecule has 2 N–H and O–H groups in total. The normalized spacial score (nSPS) is 15.5. The van der Waals surface area contributed by atoms with E-state index in [1.165, 1.54) is 18.3 Å². The summed E-state index contributed by atoms with van der Waals surface area (Å²) < 4.78 is 43.0. The van der Waals surface area contributed by atoms with Gasteiger partial charge in [0.2, 0.25) is 0 Å². The third-order valence-corrected chi connectivity index (χ3v) is 4.92. The Labute approximate surface area is 158 Å². The Hall–Kier alpha value is -2.17. The summed E-state index contributed by atoms with van der Waals surface area (Å²) in [5, 5.41) is 6.19. The van der Waals surface area contributed by atoms with Gasteiger partial charge in [0.05, 0.1) is 25.0 Å². The summed E-state index contributed by atoms with van der Waals surface area (Å²) in [6, 6.07) is 4.64. The minimum absolute atomic E-state index is 0.221. The predicted molar refractivity (Wildman–Crippen MR) is 96.4 cm³/mol. The van der Waals surface area contributed by atoms with Crippen molar-refractivity contribution in [2.45, 2.75) is 6.18 Å². The second kappa shape index (κ2) is 8.68. The molecule has 0 bridgehead atoms. The van der Waals surface area contributed by atoms with Crippen LogP contribution in [0.1, 0.15) is 15.2 Å². The predicted octanol–water partition coefficient (Wildman–Crippen LogP) is 2.97. The van der Waals surface area contributed by atoms with Gasteiger partial charge < -0.3 is 15.4 Å². The molecule has 3 rings (SSSR count). The summed E-state index contributed by atoms with van der Waals surface area (Å²) in [5.74, 6) is -0.221. The van der Waals surface area contributed by atoms with Gasteiger partial charge in [0.15, 0.2) is 5.13 Å². The zero-order valence-corrected chi connectivity index (χ0v) is 15.2. The topological polar surface area (TPSA) is 66.5 Å². The van der Waals surface area contributed by atoms with Crippen LogP contribution in [0.2, 0.25) is 0 Å². The van der Waals surface area contributed by atoms with Crippen LogP contribution in [0.3, 0.4) is 0 Å². The number of morpholine rings is 1. The Morgan fingerprint density at radius 1 is 1.22 bits per heavy atom. The highest BCUT2D eigenvalue weighted by atomic mass is 32.1. The maximum Gasteiger partial charge on any atom is 0.416 e. The number of nitrogens with zero attached hydrogens (tertiary/aromatic N) is 2. The molecule has 1 amide bonds. The van der Waals surface area contributed by atoms with E-state index in [2.05, 4.69) is 20.5 Å². The number of hydrogen-bond acceptors (Lipinski definition) is 6. The SMILES string of the molecule is O=C(NCCN1CCOCC1)c1cnc(Nc2ccc(C(F)(F)F)cc2)s1. The number of carbonyl (C=O) groups excluding carboxylic acids is 1. The standard InChI is InChI=1S/C17H19F3N4O2S/c18-17(19,20)12-1-3-13(4-2-12)23-16-22-11-14(27-16)15(25)21-5-6-24-7-9-26-10-8-24/h1-4,11H,5-10H2,(H,21,25)(H,22,23). The molecule has 6 nitrogen and oxygen atoms in total. The number of carbonyl (C=O) groups is 1. The van der Waals surface area contributed by atoms with Gasteiger partial charge in [-0.25, -0.2) is 4.98 Å². The lowest BCUT2D eigenvalue weighted by molar-refractivity contribution is -0.137. The number of hydrogen-bond donors (Lipinski definition) is 2. The van der Waals surface area contributed by atoms with Crippen LogP contribution in [0, 0.1) is 0 Å². The first-order valence-electron chi connectivity index (χ1n) is 8.40. The molecule has 0 saturated carbocycles. The highest BCUT2D eigenvalue weighted by Crippen LogP contribution is 2.30. The Balaban J connectivity index is 1.49. The lowest BCUT2D eigenvalue weighted by Crippen LogP contribution is -2.41. The number of alkyl halides is 3. The average Bonchev–Trinajstić information content (AvgIpc) is 3.11. The largest absolute Gasteiger partial charge is 0.416 e. The van der Waals surface area contributed by atoms with Crippen LogP contribution in [0.25, 0.3) is 0 Å². The number of rotatable bonds is 6. The molecule has 146 valence electrons. The molecule has 1 aromatic heterocycles. The fourth-order valence-electron chi connectivity index (χ4n) is 2.54. The molecular formula is C17H19F3N4O2S. The fraction of sp³-hybridized carbons (Fsp3) is 0.412. The van der Waals surface area contributed by atoms with E-state index in [0.717, 1.165) is 43.1 Å². The summed E-state index contributed by atoms with van der Waals surface area (Å²) in [6.07, 6.45) is -2.92. The van der Waals surface area contributed by atoms with Gasteiger partial charge in [-0.05, 0) is 24.3 Å². The van der Waals surface area contributed by atoms with Crippen LogP contribution in [0.15, 0.2) is 30.5 Å². The van der Waals surface area contributed by atoms with Gasteiger partial charge in [0.1, 0.15) is 4.88 Å². The van der Waals surface area contributed by atoms with Crippen molar-refractivity contribution in [3.63, 3.8) is 0 Å². The number of ether oxygens (including phenoxy) is 1. The van der Waals surface area contributed by atoms with Crippen LogP contribution in [0.4, 0.5) is 24.0 Å². The van der Waals surface area contributed by atoms with Crippen molar-refractivity contribution in [1.29, 1.82) is 0 Å². The first kappa shape index (κ1) is 19.6. The van der Waals surface area contributed by atoms with Gasteiger partial charge in [-0.3, -0.25) is 9.69 Å². The number of thiazole rings is 1. The molecule has 1 saturated heterocycles. The zero-order chi connectivity index (χ0) is 19.3. The van der Waals surface area contributed by atoms with Crippen molar-refractivity contribution < 1.29 is 22.7 Å². The average molecular weight is 400 g/mol. The van der Waals surface area contributed by atoms with E-state index in [0.29, 0.717) is 35.5 Å². The number of benzene rings is 1. The van der Waals surface area contributed by atoms with Crippen LogP contribution < -0.4 is 10.6 Å². The van der Waals surface area contributed by atoms with E-state index in [1.54, 1.807) is 0 Å². The smallest absolute Gasteiger partial charge is 0.379 e. The van der Waals surface area contributed by atoms with Crippen LogP contribution in [0.5, 0.6) is 0 Å². The van der Waals surface area contributed by atoms with E-state index in [9.17, 15) is 18.0 Å². The van der Waals surface area contributed by atoms with Gasteiger partial charge in [-0.1, -0.05) is 11.3 Å². The second-order valence-electron chi connectivity index (χ2n) is 5.94. The summed E-state index contributed by atoms with van der Waals surface area (Å²) in [4.78, 5) is 18.9. The van der Waals surface area contributed by atoms with Crippen LogP contribution >= 0.6 is 11.3 Å². The molecule has 2 aromatic rings. The molecule has 1 aliphatic rings. The Bertz CT molecular complexity index is 758. The minimum Gasteiger partial charge on any atom is -0.379 e.